The van der Waals surface area contributed by atoms with Crippen molar-refractivity contribution in [3.63, 3.8) is 0 Å². The predicted octanol–water partition coefficient (Wildman–Crippen LogP) is 2.53. The summed E-state index contributed by atoms with van der Waals surface area (Å²) in [6.07, 6.45) is -0.960. The topological polar surface area (TPSA) is 52.6 Å². The Bertz CT molecular complexity index is 317. The normalized spacial score (nSPS) is 11.4. The molecule has 0 fully saturated rings. The van der Waals surface area contributed by atoms with Crippen molar-refractivity contribution < 1.29 is 9.90 Å². The fourth-order valence-electron chi connectivity index (χ4n) is 1.12. The van der Waals surface area contributed by atoms with E-state index >= 15 is 0 Å². The molecule has 1 aromatic heterocycles. The molecular weight excluding hydrogens is 212 g/mol. The van der Waals surface area contributed by atoms with Crippen molar-refractivity contribution in [1.82, 2.24) is 10.4 Å². The lowest BCUT2D eigenvalue weighted by molar-refractivity contribution is 0.0919. The molecule has 0 spiro atoms. The van der Waals surface area contributed by atoms with Crippen molar-refractivity contribution in [3.05, 3.63) is 22.4 Å². The zero-order valence-electron chi connectivity index (χ0n) is 9.15. The average molecular weight is 228 g/mol. The molecule has 1 amide bonds. The molecule has 0 unspecified atom stereocenters. The van der Waals surface area contributed by atoms with Gasteiger partial charge in [0.15, 0.2) is 0 Å². The molecule has 1 heterocycles. The van der Waals surface area contributed by atoms with E-state index in [9.17, 15) is 4.79 Å². The van der Waals surface area contributed by atoms with Crippen LogP contribution >= 0.6 is 11.3 Å². The Morgan fingerprint density at radius 2 is 2.27 bits per heavy atom. The first-order valence-electron chi connectivity index (χ1n) is 4.69. The molecule has 1 aromatic rings. The molecule has 1 rings (SSSR count). The minimum absolute atomic E-state index is 0.254. The molecule has 0 aromatic carbocycles. The number of hydrazine groups is 1. The Morgan fingerprint density at radius 3 is 2.67 bits per heavy atom. The second-order valence-electron chi connectivity index (χ2n) is 4.31. The van der Waals surface area contributed by atoms with Crippen LogP contribution in [0.1, 0.15) is 25.6 Å². The van der Waals surface area contributed by atoms with Crippen LogP contribution in [-0.4, -0.2) is 21.7 Å². The number of thiophene rings is 1. The van der Waals surface area contributed by atoms with Gasteiger partial charge in [0.1, 0.15) is 0 Å². The van der Waals surface area contributed by atoms with Crippen LogP contribution in [0.2, 0.25) is 0 Å². The number of nitrogens with zero attached hydrogens (tertiary/aromatic N) is 1. The number of carbonyl (C=O) groups is 1. The number of nitrogens with one attached hydrogen (secondary N) is 1. The smallest absolute Gasteiger partial charge is 0.422 e. The van der Waals surface area contributed by atoms with Crippen LogP contribution in [0.4, 0.5) is 4.79 Å². The number of hydrogen-bond acceptors (Lipinski definition) is 3. The van der Waals surface area contributed by atoms with Gasteiger partial charge in [0.25, 0.3) is 0 Å². The summed E-state index contributed by atoms with van der Waals surface area (Å²) in [5.41, 5.74) is 2.68. The van der Waals surface area contributed by atoms with Crippen molar-refractivity contribution in [1.29, 1.82) is 0 Å². The van der Waals surface area contributed by atoms with Crippen molar-refractivity contribution in [2.45, 2.75) is 32.9 Å². The van der Waals surface area contributed by atoms with Crippen molar-refractivity contribution in [2.24, 2.45) is 0 Å². The standard InChI is InChI=1S/C10H16N2O2S/c1-10(2,3)11-12(9(13)14)7-8-5-4-6-15-8/h4-6,11H,7H2,1-3H3,(H,13,14). The fourth-order valence-corrected chi connectivity index (χ4v) is 1.81. The molecule has 0 atom stereocenters. The number of hydrogen-bond donors (Lipinski definition) is 2. The molecule has 0 saturated heterocycles. The van der Waals surface area contributed by atoms with Gasteiger partial charge in [-0.15, -0.1) is 11.3 Å². The van der Waals surface area contributed by atoms with Crippen molar-refractivity contribution in [3.8, 4) is 0 Å². The van der Waals surface area contributed by atoms with E-state index in [1.807, 2.05) is 38.3 Å². The van der Waals surface area contributed by atoms with Gasteiger partial charge in [-0.2, -0.15) is 0 Å². The number of amides is 1. The van der Waals surface area contributed by atoms with E-state index in [1.165, 1.54) is 5.01 Å². The molecule has 0 saturated carbocycles. The van der Waals surface area contributed by atoms with Gasteiger partial charge >= 0.3 is 6.09 Å². The molecule has 0 aliphatic rings. The Balaban J connectivity index is 2.63. The van der Waals surface area contributed by atoms with E-state index in [-0.39, 0.29) is 5.54 Å². The van der Waals surface area contributed by atoms with Crippen LogP contribution in [0.3, 0.4) is 0 Å². The van der Waals surface area contributed by atoms with Gasteiger partial charge in [-0.25, -0.2) is 15.2 Å². The first-order valence-corrected chi connectivity index (χ1v) is 5.57. The van der Waals surface area contributed by atoms with Gasteiger partial charge in [-0.1, -0.05) is 6.07 Å². The van der Waals surface area contributed by atoms with Crippen LogP contribution in [0.15, 0.2) is 17.5 Å². The second kappa shape index (κ2) is 4.63. The average Bonchev–Trinajstić information content (AvgIpc) is 2.52. The van der Waals surface area contributed by atoms with E-state index in [1.54, 1.807) is 11.3 Å². The van der Waals surface area contributed by atoms with Gasteiger partial charge in [0.05, 0.1) is 6.54 Å². The first-order chi connectivity index (χ1) is 6.88. The van der Waals surface area contributed by atoms with Crippen molar-refractivity contribution in [2.75, 3.05) is 0 Å². The summed E-state index contributed by atoms with van der Waals surface area (Å²) in [4.78, 5) is 12.0. The van der Waals surface area contributed by atoms with E-state index in [2.05, 4.69) is 5.43 Å². The molecule has 5 heteroatoms. The molecule has 2 N–H and O–H groups in total. The van der Waals surface area contributed by atoms with Gasteiger partial charge in [-0.3, -0.25) is 0 Å². The largest absolute Gasteiger partial charge is 0.464 e. The summed E-state index contributed by atoms with van der Waals surface area (Å²) in [6.45, 7) is 6.16. The third-order valence-electron chi connectivity index (χ3n) is 1.60. The van der Waals surface area contributed by atoms with E-state index in [4.69, 9.17) is 5.11 Å². The van der Waals surface area contributed by atoms with Crippen LogP contribution in [0, 0.1) is 0 Å². The van der Waals surface area contributed by atoms with Crippen LogP contribution in [0.5, 0.6) is 0 Å². The second-order valence-corrected chi connectivity index (χ2v) is 5.34. The maximum absolute atomic E-state index is 11.0. The summed E-state index contributed by atoms with van der Waals surface area (Å²) >= 11 is 1.55. The summed E-state index contributed by atoms with van der Waals surface area (Å²) in [5, 5.41) is 12.2. The highest BCUT2D eigenvalue weighted by atomic mass is 32.1. The van der Waals surface area contributed by atoms with E-state index in [0.29, 0.717) is 6.54 Å². The zero-order valence-corrected chi connectivity index (χ0v) is 9.97. The lowest BCUT2D eigenvalue weighted by Crippen LogP contribution is -2.50. The van der Waals surface area contributed by atoms with Gasteiger partial charge < -0.3 is 5.11 Å². The number of carboxylic acid groups (broad SMARTS) is 1. The quantitative estimate of drug-likeness (QED) is 0.782. The van der Waals surface area contributed by atoms with Gasteiger partial charge in [0.2, 0.25) is 0 Å². The lowest BCUT2D eigenvalue weighted by Gasteiger charge is -2.29. The maximum atomic E-state index is 11.0. The minimum Gasteiger partial charge on any atom is -0.464 e. The molecular formula is C10H16N2O2S. The van der Waals surface area contributed by atoms with Crippen molar-refractivity contribution >= 4 is 17.4 Å². The highest BCUT2D eigenvalue weighted by Crippen LogP contribution is 2.12. The summed E-state index contributed by atoms with van der Waals surface area (Å²) in [6, 6.07) is 3.84. The van der Waals surface area contributed by atoms with Crippen LogP contribution < -0.4 is 5.43 Å². The minimum atomic E-state index is -0.960. The third kappa shape index (κ3) is 4.31. The third-order valence-corrected chi connectivity index (χ3v) is 2.46. The summed E-state index contributed by atoms with van der Waals surface area (Å²) < 4.78 is 0. The Labute approximate surface area is 93.5 Å². The first kappa shape index (κ1) is 12.0. The summed E-state index contributed by atoms with van der Waals surface area (Å²) in [7, 11) is 0. The van der Waals surface area contributed by atoms with Crippen LogP contribution in [-0.2, 0) is 6.54 Å². The highest BCUT2D eigenvalue weighted by Gasteiger charge is 2.19. The molecule has 84 valence electrons. The predicted molar refractivity (Wildman–Crippen MR) is 60.8 cm³/mol. The van der Waals surface area contributed by atoms with Gasteiger partial charge in [-0.05, 0) is 32.2 Å². The maximum Gasteiger partial charge on any atom is 0.422 e. The van der Waals surface area contributed by atoms with Gasteiger partial charge in [0, 0.05) is 10.4 Å². The fraction of sp³-hybridized carbons (Fsp3) is 0.500. The molecule has 0 aliphatic heterocycles. The highest BCUT2D eigenvalue weighted by molar-refractivity contribution is 7.09. The molecule has 4 nitrogen and oxygen atoms in total. The van der Waals surface area contributed by atoms with E-state index in [0.717, 1.165) is 4.88 Å². The molecule has 0 aliphatic carbocycles. The van der Waals surface area contributed by atoms with E-state index < -0.39 is 6.09 Å². The Morgan fingerprint density at radius 1 is 1.60 bits per heavy atom. The Hall–Kier alpha value is -1.07. The van der Waals surface area contributed by atoms with Crippen LogP contribution in [0.25, 0.3) is 0 Å². The molecule has 0 bridgehead atoms. The lowest BCUT2D eigenvalue weighted by atomic mass is 10.1. The number of rotatable bonds is 3. The Kier molecular flexibility index (Phi) is 3.71. The SMILES string of the molecule is CC(C)(C)NN(Cc1cccs1)C(=O)O. The zero-order chi connectivity index (χ0) is 11.5. The monoisotopic (exact) mass is 228 g/mol. The molecule has 0 radical (unpaired) electrons. The molecule has 15 heavy (non-hydrogen) atoms. The summed E-state index contributed by atoms with van der Waals surface area (Å²) in [5.74, 6) is 0.